The van der Waals surface area contributed by atoms with Crippen molar-refractivity contribution in [2.75, 3.05) is 0 Å². The van der Waals surface area contributed by atoms with E-state index in [0.717, 1.165) is 36.8 Å². The first-order valence-electron chi connectivity index (χ1n) is 11.1. The van der Waals surface area contributed by atoms with Crippen LogP contribution in [0.3, 0.4) is 0 Å². The third kappa shape index (κ3) is 6.72. The van der Waals surface area contributed by atoms with Crippen molar-refractivity contribution in [3.05, 3.63) is 69.7 Å². The molecule has 1 atom stereocenters. The van der Waals surface area contributed by atoms with Crippen LogP contribution in [0.1, 0.15) is 56.6 Å². The van der Waals surface area contributed by atoms with Gasteiger partial charge in [-0.3, -0.25) is 9.59 Å². The van der Waals surface area contributed by atoms with Crippen LogP contribution in [-0.2, 0) is 22.6 Å². The first-order chi connectivity index (χ1) is 15.0. The minimum Gasteiger partial charge on any atom is -0.352 e. The van der Waals surface area contributed by atoms with Crippen molar-refractivity contribution >= 4 is 35.0 Å². The Morgan fingerprint density at radius 2 is 1.71 bits per heavy atom. The van der Waals surface area contributed by atoms with E-state index in [1.165, 1.54) is 6.42 Å². The summed E-state index contributed by atoms with van der Waals surface area (Å²) in [7, 11) is 0. The Morgan fingerprint density at radius 1 is 1.00 bits per heavy atom. The van der Waals surface area contributed by atoms with Gasteiger partial charge < -0.3 is 10.2 Å². The van der Waals surface area contributed by atoms with E-state index >= 15 is 0 Å². The lowest BCUT2D eigenvalue weighted by atomic mass is 9.95. The number of nitrogens with zero attached hydrogens (tertiary/aromatic N) is 1. The summed E-state index contributed by atoms with van der Waals surface area (Å²) < 4.78 is 0. The minimum atomic E-state index is -0.535. The fourth-order valence-electron chi connectivity index (χ4n) is 4.17. The smallest absolute Gasteiger partial charge is 0.243 e. The Hall–Kier alpha value is -2.04. The summed E-state index contributed by atoms with van der Waals surface area (Å²) in [4.78, 5) is 28.2. The van der Waals surface area contributed by atoms with Crippen molar-refractivity contribution < 1.29 is 9.59 Å². The van der Waals surface area contributed by atoms with Crippen molar-refractivity contribution in [3.8, 4) is 0 Å². The number of hydrogen-bond acceptors (Lipinski definition) is 2. The molecule has 1 aliphatic rings. The van der Waals surface area contributed by atoms with Crippen LogP contribution in [0.25, 0.3) is 0 Å². The van der Waals surface area contributed by atoms with Crippen LogP contribution in [0.5, 0.6) is 0 Å². The molecule has 4 nitrogen and oxygen atoms in total. The summed E-state index contributed by atoms with van der Waals surface area (Å²) >= 11 is 12.3. The van der Waals surface area contributed by atoms with Gasteiger partial charge in [-0.25, -0.2) is 0 Å². The Balaban J connectivity index is 1.81. The molecule has 0 saturated heterocycles. The molecule has 166 valence electrons. The molecular formula is C25H30Cl2N2O2. The Morgan fingerprint density at radius 3 is 2.35 bits per heavy atom. The molecule has 0 aliphatic heterocycles. The largest absolute Gasteiger partial charge is 0.352 e. The second kappa shape index (κ2) is 11.5. The molecular weight excluding hydrogens is 431 g/mol. The Kier molecular flexibility index (Phi) is 8.79. The lowest BCUT2D eigenvalue weighted by molar-refractivity contribution is -0.141. The van der Waals surface area contributed by atoms with Gasteiger partial charge in [0.2, 0.25) is 11.8 Å². The summed E-state index contributed by atoms with van der Waals surface area (Å²) in [6.45, 7) is 2.25. The van der Waals surface area contributed by atoms with Crippen molar-refractivity contribution in [2.24, 2.45) is 0 Å². The minimum absolute atomic E-state index is 0.0733. The zero-order valence-corrected chi connectivity index (χ0v) is 19.5. The Labute approximate surface area is 194 Å². The van der Waals surface area contributed by atoms with E-state index in [9.17, 15) is 9.59 Å². The van der Waals surface area contributed by atoms with Crippen LogP contribution in [0.15, 0.2) is 48.5 Å². The maximum absolute atomic E-state index is 13.4. The molecule has 0 radical (unpaired) electrons. The summed E-state index contributed by atoms with van der Waals surface area (Å²) in [5.74, 6) is -0.154. The molecule has 0 bridgehead atoms. The summed E-state index contributed by atoms with van der Waals surface area (Å²) in [6.07, 6.45) is 6.31. The van der Waals surface area contributed by atoms with E-state index in [4.69, 9.17) is 23.2 Å². The van der Waals surface area contributed by atoms with Crippen LogP contribution < -0.4 is 5.32 Å². The summed E-state index contributed by atoms with van der Waals surface area (Å²) in [5.41, 5.74) is 1.77. The van der Waals surface area contributed by atoms with E-state index in [1.807, 2.05) is 43.3 Å². The zero-order chi connectivity index (χ0) is 22.2. The SMILES string of the molecule is CCC(C(=O)NC1CCCCC1)N(Cc1ccc(Cl)c(Cl)c1)C(=O)Cc1ccccc1. The summed E-state index contributed by atoms with van der Waals surface area (Å²) in [5, 5.41) is 4.10. The molecule has 3 rings (SSSR count). The molecule has 1 N–H and O–H groups in total. The normalized spacial score (nSPS) is 15.3. The van der Waals surface area contributed by atoms with Gasteiger partial charge in [-0.05, 0) is 42.5 Å². The third-order valence-electron chi connectivity index (χ3n) is 5.87. The predicted octanol–water partition coefficient (Wildman–Crippen LogP) is 5.79. The van der Waals surface area contributed by atoms with Gasteiger partial charge in [0.25, 0.3) is 0 Å². The van der Waals surface area contributed by atoms with E-state index in [2.05, 4.69) is 5.32 Å². The molecule has 2 amide bonds. The molecule has 2 aromatic carbocycles. The van der Waals surface area contributed by atoms with Crippen LogP contribution in [-0.4, -0.2) is 28.8 Å². The van der Waals surface area contributed by atoms with Gasteiger partial charge in [-0.2, -0.15) is 0 Å². The quantitative estimate of drug-likeness (QED) is 0.541. The first kappa shape index (κ1) is 23.6. The van der Waals surface area contributed by atoms with Crippen molar-refractivity contribution in [3.63, 3.8) is 0 Å². The van der Waals surface area contributed by atoms with Gasteiger partial charge in [0.15, 0.2) is 0 Å². The van der Waals surface area contributed by atoms with Crippen molar-refractivity contribution in [1.82, 2.24) is 10.2 Å². The monoisotopic (exact) mass is 460 g/mol. The topological polar surface area (TPSA) is 49.4 Å². The number of carbonyl (C=O) groups is 2. The fraction of sp³-hybridized carbons (Fsp3) is 0.440. The van der Waals surface area contributed by atoms with Crippen LogP contribution >= 0.6 is 23.2 Å². The average molecular weight is 461 g/mol. The molecule has 1 saturated carbocycles. The number of benzene rings is 2. The number of amides is 2. The molecule has 6 heteroatoms. The highest BCUT2D eigenvalue weighted by Gasteiger charge is 2.30. The van der Waals surface area contributed by atoms with Crippen LogP contribution in [0.4, 0.5) is 0 Å². The molecule has 1 unspecified atom stereocenters. The number of rotatable bonds is 8. The van der Waals surface area contributed by atoms with Crippen molar-refractivity contribution in [1.29, 1.82) is 0 Å². The first-order valence-corrected chi connectivity index (χ1v) is 11.8. The van der Waals surface area contributed by atoms with E-state index in [-0.39, 0.29) is 24.3 Å². The highest BCUT2D eigenvalue weighted by atomic mass is 35.5. The summed E-state index contributed by atoms with van der Waals surface area (Å²) in [6, 6.07) is 14.6. The molecule has 0 spiro atoms. The number of halogens is 2. The van der Waals surface area contributed by atoms with E-state index in [0.29, 0.717) is 23.0 Å². The fourth-order valence-corrected chi connectivity index (χ4v) is 4.49. The molecule has 1 aliphatic carbocycles. The lowest BCUT2D eigenvalue weighted by Crippen LogP contribution is -2.51. The molecule has 0 heterocycles. The highest BCUT2D eigenvalue weighted by molar-refractivity contribution is 6.42. The number of nitrogens with one attached hydrogen (secondary N) is 1. The van der Waals surface area contributed by atoms with Gasteiger partial charge in [0.1, 0.15) is 6.04 Å². The molecule has 0 aromatic heterocycles. The van der Waals surface area contributed by atoms with E-state index in [1.54, 1.807) is 17.0 Å². The van der Waals surface area contributed by atoms with Gasteiger partial charge in [-0.15, -0.1) is 0 Å². The molecule has 1 fully saturated rings. The highest BCUT2D eigenvalue weighted by Crippen LogP contribution is 2.25. The second-order valence-electron chi connectivity index (χ2n) is 8.20. The van der Waals surface area contributed by atoms with Crippen LogP contribution in [0.2, 0.25) is 10.0 Å². The predicted molar refractivity (Wildman–Crippen MR) is 126 cm³/mol. The Bertz CT molecular complexity index is 882. The molecule has 31 heavy (non-hydrogen) atoms. The second-order valence-corrected chi connectivity index (χ2v) is 9.01. The number of carbonyl (C=O) groups excluding carboxylic acids is 2. The third-order valence-corrected chi connectivity index (χ3v) is 6.61. The van der Waals surface area contributed by atoms with Gasteiger partial charge >= 0.3 is 0 Å². The maximum atomic E-state index is 13.4. The van der Waals surface area contributed by atoms with Crippen LogP contribution in [0, 0.1) is 0 Å². The zero-order valence-electron chi connectivity index (χ0n) is 17.9. The van der Waals surface area contributed by atoms with E-state index < -0.39 is 6.04 Å². The standard InChI is InChI=1S/C25H30Cl2N2O2/c1-2-23(25(31)28-20-11-7-4-8-12-20)29(17-19-13-14-21(26)22(27)15-19)24(30)16-18-9-5-3-6-10-18/h3,5-6,9-10,13-15,20,23H,2,4,7-8,11-12,16-17H2,1H3,(H,28,31). The number of hydrogen-bond donors (Lipinski definition) is 1. The van der Waals surface area contributed by atoms with Gasteiger partial charge in [0, 0.05) is 12.6 Å². The lowest BCUT2D eigenvalue weighted by Gasteiger charge is -2.33. The maximum Gasteiger partial charge on any atom is 0.243 e. The average Bonchev–Trinajstić information content (AvgIpc) is 2.77. The van der Waals surface area contributed by atoms with Gasteiger partial charge in [0.05, 0.1) is 16.5 Å². The van der Waals surface area contributed by atoms with Gasteiger partial charge in [-0.1, -0.05) is 85.8 Å². The van der Waals surface area contributed by atoms with Crippen molar-refractivity contribution in [2.45, 2.75) is 70.5 Å². The molecule has 2 aromatic rings.